The first-order valence-corrected chi connectivity index (χ1v) is 8.57. The standard InChI is InChI=1S/C18H14Cl2F3NO4/c19-12-2-1-3-13(20)11(12)8-14(17(27)28)24-16(26)15(25)9-4-6-10(7-5-9)18(21,22)23/h1-7,14-15,25H,8H2,(H,24,26)(H,27,28)/t14-,15+/m1/s1. The molecule has 1 amide bonds. The van der Waals surface area contributed by atoms with Crippen LogP contribution in [0, 0.1) is 0 Å². The zero-order valence-corrected chi connectivity index (χ0v) is 15.5. The Morgan fingerprint density at radius 2 is 1.57 bits per heavy atom. The highest BCUT2D eigenvalue weighted by atomic mass is 35.5. The minimum atomic E-state index is -4.56. The van der Waals surface area contributed by atoms with Gasteiger partial charge in [-0.25, -0.2) is 4.79 Å². The van der Waals surface area contributed by atoms with Crippen molar-refractivity contribution in [3.8, 4) is 0 Å². The Hall–Kier alpha value is -2.29. The number of hydrogen-bond acceptors (Lipinski definition) is 3. The molecule has 0 saturated carbocycles. The molecule has 0 aliphatic carbocycles. The second-order valence-corrected chi connectivity index (χ2v) is 6.64. The molecule has 2 rings (SSSR count). The molecule has 2 atom stereocenters. The van der Waals surface area contributed by atoms with Crippen LogP contribution in [-0.4, -0.2) is 28.1 Å². The summed E-state index contributed by atoms with van der Waals surface area (Å²) < 4.78 is 37.8. The van der Waals surface area contributed by atoms with Crippen molar-refractivity contribution in [3.63, 3.8) is 0 Å². The Morgan fingerprint density at radius 1 is 1.04 bits per heavy atom. The highest BCUT2D eigenvalue weighted by molar-refractivity contribution is 6.36. The topological polar surface area (TPSA) is 86.6 Å². The van der Waals surface area contributed by atoms with Crippen LogP contribution in [0.15, 0.2) is 42.5 Å². The molecule has 10 heteroatoms. The number of amides is 1. The van der Waals surface area contributed by atoms with Crippen LogP contribution in [0.5, 0.6) is 0 Å². The van der Waals surface area contributed by atoms with Crippen LogP contribution in [0.3, 0.4) is 0 Å². The summed E-state index contributed by atoms with van der Waals surface area (Å²) in [5, 5.41) is 21.9. The second kappa shape index (κ2) is 8.81. The minimum Gasteiger partial charge on any atom is -0.480 e. The molecule has 0 bridgehead atoms. The first-order chi connectivity index (χ1) is 13.0. The molecule has 150 valence electrons. The molecule has 0 fully saturated rings. The lowest BCUT2D eigenvalue weighted by molar-refractivity contribution is -0.143. The van der Waals surface area contributed by atoms with E-state index in [0.717, 1.165) is 12.1 Å². The molecule has 5 nitrogen and oxygen atoms in total. The van der Waals surface area contributed by atoms with Gasteiger partial charge in [-0.2, -0.15) is 13.2 Å². The number of hydrogen-bond donors (Lipinski definition) is 3. The van der Waals surface area contributed by atoms with Crippen LogP contribution in [-0.2, 0) is 22.2 Å². The van der Waals surface area contributed by atoms with Crippen molar-refractivity contribution in [3.05, 3.63) is 69.2 Å². The first kappa shape index (κ1) is 22.0. The lowest BCUT2D eigenvalue weighted by atomic mass is 10.0. The van der Waals surface area contributed by atoms with Crippen LogP contribution in [0.2, 0.25) is 10.0 Å². The fourth-order valence-electron chi connectivity index (χ4n) is 2.39. The molecule has 0 unspecified atom stereocenters. The lowest BCUT2D eigenvalue weighted by Gasteiger charge is -2.19. The smallest absolute Gasteiger partial charge is 0.416 e. The van der Waals surface area contributed by atoms with E-state index >= 15 is 0 Å². The summed E-state index contributed by atoms with van der Waals surface area (Å²) >= 11 is 12.0. The number of nitrogens with one attached hydrogen (secondary N) is 1. The fraction of sp³-hybridized carbons (Fsp3) is 0.222. The largest absolute Gasteiger partial charge is 0.480 e. The summed E-state index contributed by atoms with van der Waals surface area (Å²) in [5.74, 6) is -2.49. The molecule has 3 N–H and O–H groups in total. The van der Waals surface area contributed by atoms with Crippen molar-refractivity contribution in [2.45, 2.75) is 24.7 Å². The molecule has 0 aliphatic rings. The van der Waals surface area contributed by atoms with Gasteiger partial charge < -0.3 is 15.5 Å². The molecular weight excluding hydrogens is 422 g/mol. The third-order valence-corrected chi connectivity index (χ3v) is 4.59. The van der Waals surface area contributed by atoms with Gasteiger partial charge in [0, 0.05) is 16.5 Å². The van der Waals surface area contributed by atoms with Gasteiger partial charge in [0.1, 0.15) is 6.04 Å². The predicted octanol–water partition coefficient (Wildman–Crippen LogP) is 3.86. The SMILES string of the molecule is O=C(N[C@H](Cc1c(Cl)cccc1Cl)C(=O)O)[C@@H](O)c1ccc(C(F)(F)F)cc1. The van der Waals surface area contributed by atoms with E-state index in [9.17, 15) is 33.0 Å². The zero-order chi connectivity index (χ0) is 21.1. The maximum Gasteiger partial charge on any atom is 0.416 e. The molecule has 2 aromatic rings. The van der Waals surface area contributed by atoms with Crippen LogP contribution in [0.25, 0.3) is 0 Å². The van der Waals surface area contributed by atoms with Crippen LogP contribution in [0.4, 0.5) is 13.2 Å². The number of carbonyl (C=O) groups excluding carboxylic acids is 1. The monoisotopic (exact) mass is 435 g/mol. The number of carboxylic acid groups (broad SMARTS) is 1. The molecule has 0 heterocycles. The third kappa shape index (κ3) is 5.37. The van der Waals surface area contributed by atoms with Crippen molar-refractivity contribution in [2.24, 2.45) is 0 Å². The molecule has 0 saturated heterocycles. The molecule has 0 aliphatic heterocycles. The van der Waals surface area contributed by atoms with E-state index in [4.69, 9.17) is 23.2 Å². The summed E-state index contributed by atoms with van der Waals surface area (Å²) in [5.41, 5.74) is -0.770. The number of carbonyl (C=O) groups is 2. The van der Waals surface area contributed by atoms with Gasteiger partial charge in [0.25, 0.3) is 5.91 Å². The number of rotatable bonds is 6. The summed E-state index contributed by atoms with van der Waals surface area (Å²) in [6.45, 7) is 0. The summed E-state index contributed by atoms with van der Waals surface area (Å²) in [6.07, 6.45) is -6.67. The van der Waals surface area contributed by atoms with Crippen LogP contribution >= 0.6 is 23.2 Å². The molecule has 2 aromatic carbocycles. The van der Waals surface area contributed by atoms with Gasteiger partial charge in [0.15, 0.2) is 6.10 Å². The Labute approximate surface area is 167 Å². The quantitative estimate of drug-likeness (QED) is 0.642. The number of aliphatic hydroxyl groups excluding tert-OH is 1. The molecule has 0 spiro atoms. The van der Waals surface area contributed by atoms with E-state index < -0.39 is 35.8 Å². The van der Waals surface area contributed by atoms with Crippen molar-refractivity contribution in [1.82, 2.24) is 5.32 Å². The van der Waals surface area contributed by atoms with Crippen molar-refractivity contribution in [2.75, 3.05) is 0 Å². The summed E-state index contributed by atoms with van der Waals surface area (Å²) in [6, 6.07) is 6.40. The summed E-state index contributed by atoms with van der Waals surface area (Å²) in [7, 11) is 0. The van der Waals surface area contributed by atoms with E-state index in [2.05, 4.69) is 5.32 Å². The zero-order valence-electron chi connectivity index (χ0n) is 14.0. The number of benzene rings is 2. The maximum absolute atomic E-state index is 12.6. The Morgan fingerprint density at radius 3 is 2.04 bits per heavy atom. The number of aliphatic hydroxyl groups is 1. The second-order valence-electron chi connectivity index (χ2n) is 5.83. The van der Waals surface area contributed by atoms with E-state index in [1.54, 1.807) is 6.07 Å². The predicted molar refractivity (Wildman–Crippen MR) is 96.1 cm³/mol. The fourth-order valence-corrected chi connectivity index (χ4v) is 2.94. The Balaban J connectivity index is 2.14. The van der Waals surface area contributed by atoms with Gasteiger partial charge in [-0.05, 0) is 35.4 Å². The van der Waals surface area contributed by atoms with Crippen molar-refractivity contribution in [1.29, 1.82) is 0 Å². The third-order valence-electron chi connectivity index (χ3n) is 3.89. The number of halogens is 5. The van der Waals surface area contributed by atoms with E-state index in [0.29, 0.717) is 17.7 Å². The van der Waals surface area contributed by atoms with Crippen LogP contribution < -0.4 is 5.32 Å². The lowest BCUT2D eigenvalue weighted by Crippen LogP contribution is -2.44. The minimum absolute atomic E-state index is 0.120. The van der Waals surface area contributed by atoms with Crippen LogP contribution in [0.1, 0.15) is 22.8 Å². The van der Waals surface area contributed by atoms with Gasteiger partial charge in [0.05, 0.1) is 5.56 Å². The van der Waals surface area contributed by atoms with Crippen molar-refractivity contribution < 1.29 is 33.0 Å². The number of alkyl halides is 3. The number of carboxylic acids is 1. The van der Waals surface area contributed by atoms with Gasteiger partial charge >= 0.3 is 12.1 Å². The molecular formula is C18H14Cl2F3NO4. The first-order valence-electron chi connectivity index (χ1n) is 7.82. The Bertz CT molecular complexity index is 852. The van der Waals surface area contributed by atoms with Gasteiger partial charge in [-0.3, -0.25) is 4.79 Å². The molecule has 0 aromatic heterocycles. The normalized spacial score (nSPS) is 13.6. The van der Waals surface area contributed by atoms with Gasteiger partial charge in [0.2, 0.25) is 0 Å². The number of aliphatic carboxylic acids is 1. The van der Waals surface area contributed by atoms with Crippen molar-refractivity contribution >= 4 is 35.1 Å². The van der Waals surface area contributed by atoms with Gasteiger partial charge in [-0.15, -0.1) is 0 Å². The van der Waals surface area contributed by atoms with E-state index in [-0.39, 0.29) is 22.0 Å². The van der Waals surface area contributed by atoms with E-state index in [1.165, 1.54) is 12.1 Å². The highest BCUT2D eigenvalue weighted by Gasteiger charge is 2.31. The van der Waals surface area contributed by atoms with E-state index in [1.807, 2.05) is 0 Å². The maximum atomic E-state index is 12.6. The summed E-state index contributed by atoms with van der Waals surface area (Å²) in [4.78, 5) is 23.7. The average molecular weight is 436 g/mol. The molecule has 0 radical (unpaired) electrons. The van der Waals surface area contributed by atoms with Gasteiger partial charge in [-0.1, -0.05) is 41.4 Å². The molecule has 28 heavy (non-hydrogen) atoms. The Kier molecular flexibility index (Phi) is 6.92. The average Bonchev–Trinajstić information content (AvgIpc) is 2.62. The highest BCUT2D eigenvalue weighted by Crippen LogP contribution is 2.30.